The molecule has 0 bridgehead atoms. The number of imidazole rings is 1. The molecule has 0 aliphatic rings. The molecule has 0 saturated carbocycles. The third-order valence-corrected chi connectivity index (χ3v) is 8.22. The molecule has 7 aromatic rings. The van der Waals surface area contributed by atoms with Crippen molar-refractivity contribution in [1.82, 2.24) is 9.55 Å². The summed E-state index contributed by atoms with van der Waals surface area (Å²) in [5.74, 6) is 0.835. The summed E-state index contributed by atoms with van der Waals surface area (Å²) in [6.07, 6.45) is 0. The monoisotopic (exact) mass is 866 g/mol. The zero-order chi connectivity index (χ0) is 35.7. The number of aromatic nitrogens is 2. The summed E-state index contributed by atoms with van der Waals surface area (Å²) in [5, 5.41) is -3.22. The Morgan fingerprint density at radius 2 is 1.16 bits per heavy atom. The van der Waals surface area contributed by atoms with Crippen LogP contribution >= 0.6 is 70.8 Å². The van der Waals surface area contributed by atoms with Gasteiger partial charge in [0.05, 0.1) is 22.4 Å². The first-order valence-electron chi connectivity index (χ1n) is 15.0. The Labute approximate surface area is 321 Å². The van der Waals surface area contributed by atoms with Gasteiger partial charge in [0, 0.05) is 31.4 Å². The molecular weight excluding hydrogens is 842 g/mol. The molecule has 1 aromatic heterocycles. The number of nitrogens with two attached hydrogens (primary N) is 1. The summed E-state index contributed by atoms with van der Waals surface area (Å²) in [5.41, 5.74) is 13.0. The molecule has 1 heterocycles. The van der Waals surface area contributed by atoms with Crippen molar-refractivity contribution in [3.63, 3.8) is 0 Å². The fourth-order valence-corrected chi connectivity index (χ4v) is 5.54. The molecule has 12 heteroatoms. The van der Waals surface area contributed by atoms with Gasteiger partial charge in [0.25, 0.3) is 5.91 Å². The smallest absolute Gasteiger partial charge is 0.339 e. The molecule has 0 spiro atoms. The van der Waals surface area contributed by atoms with Crippen LogP contribution in [-0.4, -0.2) is 15.5 Å². The first-order valence-corrected chi connectivity index (χ1v) is 21.0. The minimum absolute atomic E-state index is 0.124. The molecule has 6 nitrogen and oxygen atoms in total. The fraction of sp³-hybridized carbons (Fsp3) is 0. The number of rotatable bonds is 5. The van der Waals surface area contributed by atoms with Gasteiger partial charge in [-0.2, -0.15) is 0 Å². The molecule has 1 amide bonds. The van der Waals surface area contributed by atoms with Crippen molar-refractivity contribution in [2.45, 2.75) is 0 Å². The lowest BCUT2D eigenvalue weighted by molar-refractivity contribution is 0.0999. The summed E-state index contributed by atoms with van der Waals surface area (Å²) in [7, 11) is 0. The molecule has 0 unspecified atom stereocenters. The first-order chi connectivity index (χ1) is 24.0. The van der Waals surface area contributed by atoms with Crippen LogP contribution < -0.4 is 10.6 Å². The van der Waals surface area contributed by atoms with Crippen LogP contribution in [0.25, 0.3) is 28.1 Å². The number of para-hydroxylation sites is 6. The van der Waals surface area contributed by atoms with E-state index in [4.69, 9.17) is 10.7 Å². The number of fused-ring (bicyclic) bond motifs is 1. The summed E-state index contributed by atoms with van der Waals surface area (Å²) in [6, 6.07) is 51.0. The number of nitrogens with zero attached hydrogens (tertiary/aromatic N) is 3. The Balaban J connectivity index is 0.000000172. The van der Waals surface area contributed by atoms with Gasteiger partial charge in [-0.1, -0.05) is 105 Å². The summed E-state index contributed by atoms with van der Waals surface area (Å²) >= 11 is 20.7. The Hall–Kier alpha value is -3.88. The van der Waals surface area contributed by atoms with Crippen LogP contribution in [0, 0.1) is 0 Å². The molecular formula is C38H28Br2Cl3N4O2P. The van der Waals surface area contributed by atoms with Gasteiger partial charge in [-0.05, 0) is 119 Å². The van der Waals surface area contributed by atoms with Crippen LogP contribution in [0.1, 0.15) is 10.4 Å². The van der Waals surface area contributed by atoms with E-state index < -0.39 is 5.20 Å². The van der Waals surface area contributed by atoms with E-state index in [1.165, 1.54) is 0 Å². The predicted molar refractivity (Wildman–Crippen MR) is 217 cm³/mol. The average Bonchev–Trinajstić information content (AvgIpc) is 3.50. The molecule has 6 aromatic carbocycles. The molecule has 0 aliphatic heterocycles. The van der Waals surface area contributed by atoms with Gasteiger partial charge < -0.3 is 5.73 Å². The average molecular weight is 870 g/mol. The highest BCUT2D eigenvalue weighted by molar-refractivity contribution is 9.10. The molecule has 0 atom stereocenters. The highest BCUT2D eigenvalue weighted by Crippen LogP contribution is 2.61. The summed E-state index contributed by atoms with van der Waals surface area (Å²) < 4.78 is 13.7. The highest BCUT2D eigenvalue weighted by Gasteiger charge is 2.21. The van der Waals surface area contributed by atoms with Crippen LogP contribution in [0.5, 0.6) is 0 Å². The van der Waals surface area contributed by atoms with Crippen molar-refractivity contribution in [3.8, 4) is 17.1 Å². The molecule has 252 valence electrons. The van der Waals surface area contributed by atoms with Crippen molar-refractivity contribution in [2.75, 3.05) is 10.6 Å². The molecule has 0 saturated heterocycles. The number of benzene rings is 6. The van der Waals surface area contributed by atoms with Crippen molar-refractivity contribution in [3.05, 3.63) is 172 Å². The van der Waals surface area contributed by atoms with E-state index in [9.17, 15) is 9.36 Å². The third kappa shape index (κ3) is 10.1. The number of hydrogen-bond acceptors (Lipinski definition) is 4. The van der Waals surface area contributed by atoms with E-state index in [0.717, 1.165) is 42.7 Å². The van der Waals surface area contributed by atoms with Crippen molar-refractivity contribution < 1.29 is 9.36 Å². The van der Waals surface area contributed by atoms with Gasteiger partial charge in [0.2, 0.25) is 0 Å². The Bertz CT molecular complexity index is 2230. The Morgan fingerprint density at radius 1 is 0.660 bits per heavy atom. The van der Waals surface area contributed by atoms with Crippen molar-refractivity contribution >= 4 is 105 Å². The number of carbonyl (C=O) groups excluding carboxylic acids is 1. The number of amides is 1. The van der Waals surface area contributed by atoms with Crippen molar-refractivity contribution in [1.29, 1.82) is 0 Å². The largest absolute Gasteiger partial charge is 0.397 e. The number of hydrogen-bond donors (Lipinski definition) is 1. The van der Waals surface area contributed by atoms with E-state index in [-0.39, 0.29) is 5.91 Å². The van der Waals surface area contributed by atoms with Gasteiger partial charge >= 0.3 is 5.20 Å². The van der Waals surface area contributed by atoms with E-state index >= 15 is 0 Å². The van der Waals surface area contributed by atoms with Gasteiger partial charge in [-0.15, -0.1) is 0 Å². The quantitative estimate of drug-likeness (QED) is 0.138. The second-order valence-corrected chi connectivity index (χ2v) is 19.0. The number of halogens is 5. The van der Waals surface area contributed by atoms with Crippen LogP contribution in [0.4, 0.5) is 17.1 Å². The van der Waals surface area contributed by atoms with Gasteiger partial charge in [-0.25, -0.2) is 4.98 Å². The van der Waals surface area contributed by atoms with E-state index in [1.54, 1.807) is 23.1 Å². The lowest BCUT2D eigenvalue weighted by Crippen LogP contribution is -2.26. The van der Waals surface area contributed by atoms with Crippen LogP contribution in [0.15, 0.2) is 167 Å². The number of carbonyl (C=O) groups is 1. The van der Waals surface area contributed by atoms with Crippen LogP contribution in [0.3, 0.4) is 0 Å². The molecule has 0 radical (unpaired) electrons. The molecule has 0 fully saturated rings. The van der Waals surface area contributed by atoms with Gasteiger partial charge in [0.15, 0.2) is 0 Å². The third-order valence-electron chi connectivity index (χ3n) is 7.16. The second-order valence-electron chi connectivity index (χ2n) is 10.5. The zero-order valence-electron chi connectivity index (χ0n) is 26.1. The number of anilines is 3. The highest BCUT2D eigenvalue weighted by atomic mass is 79.9. The molecule has 7 rings (SSSR count). The minimum atomic E-state index is -3.22. The zero-order valence-corrected chi connectivity index (χ0v) is 32.4. The van der Waals surface area contributed by atoms with E-state index in [1.807, 2.05) is 84.9 Å². The molecule has 50 heavy (non-hydrogen) atoms. The summed E-state index contributed by atoms with van der Waals surface area (Å²) in [6.45, 7) is 0. The van der Waals surface area contributed by atoms with Crippen molar-refractivity contribution in [2.24, 2.45) is 0 Å². The number of nitrogen functional groups attached to an aromatic ring is 1. The maximum Gasteiger partial charge on any atom is 0.339 e. The standard InChI is InChI=1S/C19H15BrN2O.C19H13BrN2.Cl3OP/c20-15-12-10-14(11-13-15)19(23)22(16-6-2-1-3-7-16)18-9-5-4-8-17(18)21;20-15-12-10-14(11-13-15)19-21-17-8-4-5-9-18(17)22(19)16-6-2-1-3-7-16;1-5(2,3)4/h1-13H,21H2;1-13H;. The maximum absolute atomic E-state index is 13.1. The lowest BCUT2D eigenvalue weighted by atomic mass is 10.1. The predicted octanol–water partition coefficient (Wildman–Crippen LogP) is 13.3. The minimum Gasteiger partial charge on any atom is -0.397 e. The van der Waals surface area contributed by atoms with Crippen LogP contribution in [0.2, 0.25) is 0 Å². The lowest BCUT2D eigenvalue weighted by Gasteiger charge is -2.24. The van der Waals surface area contributed by atoms with E-state index in [2.05, 4.69) is 125 Å². The summed E-state index contributed by atoms with van der Waals surface area (Å²) in [4.78, 5) is 19.5. The van der Waals surface area contributed by atoms with E-state index in [0.29, 0.717) is 16.9 Å². The fourth-order valence-electron chi connectivity index (χ4n) is 5.01. The molecule has 2 N–H and O–H groups in total. The van der Waals surface area contributed by atoms with Crippen LogP contribution in [-0.2, 0) is 4.57 Å². The molecule has 0 aliphatic carbocycles. The Morgan fingerprint density at radius 3 is 1.76 bits per heavy atom. The second kappa shape index (κ2) is 17.4. The normalized spacial score (nSPS) is 10.7. The SMILES string of the molecule is Brc1ccc(-c2nc3ccccc3n2-c2ccccc2)cc1.Nc1ccccc1N(C(=O)c1ccc(Br)cc1)c1ccccc1.O=P(Cl)(Cl)Cl. The van der Waals surface area contributed by atoms with Gasteiger partial charge in [-0.3, -0.25) is 18.8 Å². The Kier molecular flexibility index (Phi) is 13.0. The maximum atomic E-state index is 13.1. The first kappa shape index (κ1) is 37.4. The van der Waals surface area contributed by atoms with Gasteiger partial charge in [0.1, 0.15) is 5.82 Å². The topological polar surface area (TPSA) is 81.2 Å².